The number of nitrogens with one attached hydrogen (secondary N) is 1. The minimum atomic E-state index is -0.199. The number of aromatic hydroxyl groups is 1. The highest BCUT2D eigenvalue weighted by molar-refractivity contribution is 5.81. The number of nitrogens with zero attached hydrogens (tertiary/aromatic N) is 1. The molecule has 0 saturated heterocycles. The number of phenolic OH excluding ortho intramolecular Hbond substituents is 1. The van der Waals surface area contributed by atoms with E-state index in [1.165, 1.54) is 12.5 Å². The molecule has 0 aliphatic heterocycles. The molecular weight excluding hydrogens is 316 g/mol. The van der Waals surface area contributed by atoms with Crippen molar-refractivity contribution in [2.75, 3.05) is 0 Å². The Labute approximate surface area is 145 Å². The van der Waals surface area contributed by atoms with Gasteiger partial charge in [0.15, 0.2) is 0 Å². The van der Waals surface area contributed by atoms with Gasteiger partial charge in [0.2, 0.25) is 0 Å². The van der Waals surface area contributed by atoms with Crippen molar-refractivity contribution in [2.24, 2.45) is 5.92 Å². The molecule has 1 saturated carbocycles. The van der Waals surface area contributed by atoms with Crippen molar-refractivity contribution in [3.05, 3.63) is 42.5 Å². The number of rotatable bonds is 3. The fourth-order valence-corrected chi connectivity index (χ4v) is 3.39. The Bertz CT molecular complexity index is 877. The van der Waals surface area contributed by atoms with Gasteiger partial charge in [-0.3, -0.25) is 4.79 Å². The van der Waals surface area contributed by atoms with E-state index in [0.29, 0.717) is 17.1 Å². The van der Waals surface area contributed by atoms with Crippen LogP contribution in [-0.4, -0.2) is 21.0 Å². The Morgan fingerprint density at radius 2 is 1.92 bits per heavy atom. The summed E-state index contributed by atoms with van der Waals surface area (Å²) in [6, 6.07) is 12.6. The number of ether oxygens (including phenoxy) is 1. The average molecular weight is 336 g/mol. The van der Waals surface area contributed by atoms with E-state index in [1.807, 2.05) is 24.3 Å². The van der Waals surface area contributed by atoms with Gasteiger partial charge in [0, 0.05) is 6.07 Å². The predicted octanol–water partition coefficient (Wildman–Crippen LogP) is 4.42. The van der Waals surface area contributed by atoms with Gasteiger partial charge in [0.05, 0.1) is 22.5 Å². The number of aromatic amines is 1. The van der Waals surface area contributed by atoms with Crippen molar-refractivity contribution >= 4 is 17.0 Å². The first kappa shape index (κ1) is 15.7. The van der Waals surface area contributed by atoms with E-state index < -0.39 is 0 Å². The third kappa shape index (κ3) is 3.22. The highest BCUT2D eigenvalue weighted by atomic mass is 16.5. The maximum absolute atomic E-state index is 12.2. The second kappa shape index (κ2) is 6.59. The Balaban J connectivity index is 1.55. The van der Waals surface area contributed by atoms with Crippen LogP contribution in [0.5, 0.6) is 11.5 Å². The standard InChI is InChI=1S/C20H20N2O3/c23-18-12-14(25-20(24)13-6-2-1-3-7-13)10-11-15(18)19-21-16-8-4-5-9-17(16)22-19/h4-5,8-13,23H,1-3,6-7H2,(H,21,22). The Hall–Kier alpha value is -2.82. The van der Waals surface area contributed by atoms with Crippen molar-refractivity contribution in [1.29, 1.82) is 0 Å². The minimum absolute atomic E-state index is 0.0223. The first-order chi connectivity index (χ1) is 12.2. The number of hydrogen-bond acceptors (Lipinski definition) is 4. The number of H-pyrrole nitrogens is 1. The molecule has 2 aromatic carbocycles. The first-order valence-electron chi connectivity index (χ1n) is 8.70. The van der Waals surface area contributed by atoms with Gasteiger partial charge in [-0.05, 0) is 37.1 Å². The van der Waals surface area contributed by atoms with Crippen molar-refractivity contribution in [1.82, 2.24) is 9.97 Å². The SMILES string of the molecule is O=C(Oc1ccc(-c2nc3ccccc3[nH]2)c(O)c1)C1CCCCC1. The van der Waals surface area contributed by atoms with Gasteiger partial charge in [-0.25, -0.2) is 4.98 Å². The van der Waals surface area contributed by atoms with E-state index in [2.05, 4.69) is 9.97 Å². The lowest BCUT2D eigenvalue weighted by Crippen LogP contribution is -2.22. The molecule has 0 spiro atoms. The number of phenols is 1. The molecule has 4 rings (SSSR count). The summed E-state index contributed by atoms with van der Waals surface area (Å²) in [7, 11) is 0. The summed E-state index contributed by atoms with van der Waals surface area (Å²) >= 11 is 0. The van der Waals surface area contributed by atoms with Gasteiger partial charge in [0.1, 0.15) is 17.3 Å². The monoisotopic (exact) mass is 336 g/mol. The van der Waals surface area contributed by atoms with Crippen LogP contribution in [0.3, 0.4) is 0 Å². The summed E-state index contributed by atoms with van der Waals surface area (Å²) in [5, 5.41) is 10.3. The van der Waals surface area contributed by atoms with Crippen LogP contribution in [0.4, 0.5) is 0 Å². The fraction of sp³-hybridized carbons (Fsp3) is 0.300. The van der Waals surface area contributed by atoms with E-state index in [1.54, 1.807) is 12.1 Å². The second-order valence-corrected chi connectivity index (χ2v) is 6.54. The number of carbonyl (C=O) groups excluding carboxylic acids is 1. The number of carbonyl (C=O) groups is 1. The van der Waals surface area contributed by atoms with E-state index >= 15 is 0 Å². The molecule has 1 aliphatic rings. The predicted molar refractivity (Wildman–Crippen MR) is 95.4 cm³/mol. The molecule has 25 heavy (non-hydrogen) atoms. The molecule has 5 heteroatoms. The first-order valence-corrected chi connectivity index (χ1v) is 8.70. The Kier molecular flexibility index (Phi) is 4.14. The van der Waals surface area contributed by atoms with Crippen LogP contribution in [-0.2, 0) is 4.79 Å². The largest absolute Gasteiger partial charge is 0.507 e. The number of benzene rings is 2. The molecule has 0 radical (unpaired) electrons. The molecule has 1 fully saturated rings. The van der Waals surface area contributed by atoms with Crippen molar-refractivity contribution in [2.45, 2.75) is 32.1 Å². The zero-order chi connectivity index (χ0) is 17.2. The van der Waals surface area contributed by atoms with Crippen molar-refractivity contribution < 1.29 is 14.6 Å². The summed E-state index contributed by atoms with van der Waals surface area (Å²) in [5.41, 5.74) is 2.32. The van der Waals surface area contributed by atoms with Gasteiger partial charge < -0.3 is 14.8 Å². The number of para-hydroxylation sites is 2. The molecule has 0 unspecified atom stereocenters. The topological polar surface area (TPSA) is 75.2 Å². The normalized spacial score (nSPS) is 15.4. The number of imidazole rings is 1. The van der Waals surface area contributed by atoms with E-state index in [9.17, 15) is 9.90 Å². The molecule has 0 atom stereocenters. The molecule has 1 aliphatic carbocycles. The smallest absolute Gasteiger partial charge is 0.314 e. The average Bonchev–Trinajstić information content (AvgIpc) is 3.06. The van der Waals surface area contributed by atoms with Gasteiger partial charge in [0.25, 0.3) is 0 Å². The van der Waals surface area contributed by atoms with E-state index in [4.69, 9.17) is 4.74 Å². The highest BCUT2D eigenvalue weighted by Crippen LogP contribution is 2.33. The van der Waals surface area contributed by atoms with Crippen LogP contribution in [0, 0.1) is 5.92 Å². The molecule has 0 bridgehead atoms. The third-order valence-electron chi connectivity index (χ3n) is 4.77. The van der Waals surface area contributed by atoms with E-state index in [0.717, 1.165) is 36.7 Å². The number of fused-ring (bicyclic) bond motifs is 1. The summed E-state index contributed by atoms with van der Waals surface area (Å²) in [6.45, 7) is 0. The molecular formula is C20H20N2O3. The lowest BCUT2D eigenvalue weighted by Gasteiger charge is -2.19. The number of aromatic nitrogens is 2. The van der Waals surface area contributed by atoms with Crippen LogP contribution in [0.25, 0.3) is 22.4 Å². The summed E-state index contributed by atoms with van der Waals surface area (Å²) < 4.78 is 5.45. The zero-order valence-corrected chi connectivity index (χ0v) is 13.9. The van der Waals surface area contributed by atoms with Crippen LogP contribution >= 0.6 is 0 Å². The maximum atomic E-state index is 12.2. The molecule has 0 amide bonds. The summed E-state index contributed by atoms with van der Waals surface area (Å²) in [5.74, 6) is 0.770. The zero-order valence-electron chi connectivity index (χ0n) is 13.9. The fourth-order valence-electron chi connectivity index (χ4n) is 3.39. The molecule has 1 aromatic heterocycles. The van der Waals surface area contributed by atoms with Gasteiger partial charge >= 0.3 is 5.97 Å². The Morgan fingerprint density at radius 1 is 1.12 bits per heavy atom. The quantitative estimate of drug-likeness (QED) is 0.548. The van der Waals surface area contributed by atoms with Gasteiger partial charge in [-0.2, -0.15) is 0 Å². The molecule has 128 valence electrons. The number of hydrogen-bond donors (Lipinski definition) is 2. The lowest BCUT2D eigenvalue weighted by molar-refractivity contribution is -0.139. The van der Waals surface area contributed by atoms with Crippen molar-refractivity contribution in [3.8, 4) is 22.9 Å². The molecule has 1 heterocycles. The van der Waals surface area contributed by atoms with Gasteiger partial charge in [-0.15, -0.1) is 0 Å². The minimum Gasteiger partial charge on any atom is -0.507 e. The van der Waals surface area contributed by atoms with Crippen molar-refractivity contribution in [3.63, 3.8) is 0 Å². The summed E-state index contributed by atoms with van der Waals surface area (Å²) in [4.78, 5) is 19.9. The highest BCUT2D eigenvalue weighted by Gasteiger charge is 2.23. The second-order valence-electron chi connectivity index (χ2n) is 6.54. The lowest BCUT2D eigenvalue weighted by atomic mass is 9.89. The van der Waals surface area contributed by atoms with Crippen LogP contribution in [0.15, 0.2) is 42.5 Å². The van der Waals surface area contributed by atoms with E-state index in [-0.39, 0.29) is 17.6 Å². The maximum Gasteiger partial charge on any atom is 0.314 e. The number of esters is 1. The van der Waals surface area contributed by atoms with Gasteiger partial charge in [-0.1, -0.05) is 31.4 Å². The summed E-state index contributed by atoms with van der Waals surface area (Å²) in [6.07, 6.45) is 5.13. The molecule has 3 aromatic rings. The van der Waals surface area contributed by atoms with Crippen LogP contribution in [0.2, 0.25) is 0 Å². The molecule has 2 N–H and O–H groups in total. The Morgan fingerprint density at radius 3 is 2.68 bits per heavy atom. The molecule has 5 nitrogen and oxygen atoms in total. The van der Waals surface area contributed by atoms with Crippen LogP contribution in [0.1, 0.15) is 32.1 Å². The van der Waals surface area contributed by atoms with Crippen LogP contribution < -0.4 is 4.74 Å². The third-order valence-corrected chi connectivity index (χ3v) is 4.77.